The van der Waals surface area contributed by atoms with Crippen LogP contribution in [0.2, 0.25) is 0 Å². The third-order valence-electron chi connectivity index (χ3n) is 4.84. The molecule has 1 aliphatic heterocycles. The van der Waals surface area contributed by atoms with Crippen LogP contribution in [0.1, 0.15) is 35.2 Å². The molecule has 21 heavy (non-hydrogen) atoms. The van der Waals surface area contributed by atoms with Gasteiger partial charge in [0, 0.05) is 17.7 Å². The Balaban J connectivity index is 1.65. The van der Waals surface area contributed by atoms with Crippen molar-refractivity contribution in [1.82, 2.24) is 4.90 Å². The number of ether oxygens (including phenoxy) is 1. The fourth-order valence-corrected chi connectivity index (χ4v) is 3.69. The number of nitrogens with zero attached hydrogens (tertiary/aromatic N) is 1. The Morgan fingerprint density at radius 3 is 2.86 bits per heavy atom. The van der Waals surface area contributed by atoms with Crippen molar-refractivity contribution >= 4 is 0 Å². The minimum atomic E-state index is 0.261. The van der Waals surface area contributed by atoms with Crippen LogP contribution in [0.15, 0.2) is 42.5 Å². The number of benzene rings is 2. The molecule has 0 bridgehead atoms. The Morgan fingerprint density at radius 1 is 1.10 bits per heavy atom. The molecule has 2 atom stereocenters. The van der Waals surface area contributed by atoms with E-state index in [0.717, 1.165) is 12.2 Å². The highest BCUT2D eigenvalue weighted by Crippen LogP contribution is 2.44. The Morgan fingerprint density at radius 2 is 1.95 bits per heavy atom. The van der Waals surface area contributed by atoms with Crippen LogP contribution in [0.4, 0.5) is 0 Å². The van der Waals surface area contributed by atoms with Gasteiger partial charge >= 0.3 is 0 Å². The number of hydrogen-bond donors (Lipinski definition) is 1. The normalized spacial score (nSPS) is 23.0. The first-order chi connectivity index (χ1) is 10.2. The highest BCUT2D eigenvalue weighted by molar-refractivity contribution is 5.45. The third kappa shape index (κ3) is 2.00. The average molecular weight is 281 g/mol. The molecule has 0 saturated heterocycles. The Kier molecular flexibility index (Phi) is 2.89. The number of likely N-dealkylation sites (N-methyl/N-ethyl adjacent to an activating group) is 1. The molecular formula is C18H19NO2. The zero-order chi connectivity index (χ0) is 14.4. The number of rotatable bonds is 2. The average Bonchev–Trinajstić information content (AvgIpc) is 3.10. The van der Waals surface area contributed by atoms with Crippen molar-refractivity contribution in [3.05, 3.63) is 59.2 Å². The zero-order valence-electron chi connectivity index (χ0n) is 12.1. The van der Waals surface area contributed by atoms with E-state index < -0.39 is 0 Å². The van der Waals surface area contributed by atoms with E-state index in [2.05, 4.69) is 36.2 Å². The predicted molar refractivity (Wildman–Crippen MR) is 81.6 cm³/mol. The SMILES string of the molecule is CN(C1CCc2ccccc21)C1COc2cc(O)ccc21. The second-order valence-electron chi connectivity index (χ2n) is 5.97. The molecule has 0 amide bonds. The van der Waals surface area contributed by atoms with E-state index in [-0.39, 0.29) is 11.8 Å². The minimum Gasteiger partial charge on any atom is -0.508 e. The van der Waals surface area contributed by atoms with Crippen LogP contribution in [0.3, 0.4) is 0 Å². The molecule has 0 radical (unpaired) electrons. The lowest BCUT2D eigenvalue weighted by atomic mass is 10.0. The van der Waals surface area contributed by atoms with Gasteiger partial charge in [-0.15, -0.1) is 0 Å². The maximum atomic E-state index is 9.57. The van der Waals surface area contributed by atoms with Crippen molar-refractivity contribution in [3.8, 4) is 11.5 Å². The van der Waals surface area contributed by atoms with Crippen LogP contribution in [0.25, 0.3) is 0 Å². The minimum absolute atomic E-state index is 0.261. The highest BCUT2D eigenvalue weighted by Gasteiger charge is 2.34. The van der Waals surface area contributed by atoms with Crippen molar-refractivity contribution < 1.29 is 9.84 Å². The number of fused-ring (bicyclic) bond motifs is 2. The summed E-state index contributed by atoms with van der Waals surface area (Å²) in [5.41, 5.74) is 4.10. The lowest BCUT2D eigenvalue weighted by molar-refractivity contribution is 0.145. The first-order valence-electron chi connectivity index (χ1n) is 7.49. The van der Waals surface area contributed by atoms with Crippen LogP contribution in [-0.4, -0.2) is 23.7 Å². The number of aryl methyl sites for hydroxylation is 1. The van der Waals surface area contributed by atoms with Gasteiger partial charge in [-0.2, -0.15) is 0 Å². The lowest BCUT2D eigenvalue weighted by Gasteiger charge is -2.30. The number of aromatic hydroxyl groups is 1. The first-order valence-corrected chi connectivity index (χ1v) is 7.49. The summed E-state index contributed by atoms with van der Waals surface area (Å²) in [6, 6.07) is 14.9. The van der Waals surface area contributed by atoms with Crippen molar-refractivity contribution in [1.29, 1.82) is 0 Å². The summed E-state index contributed by atoms with van der Waals surface area (Å²) in [7, 11) is 2.18. The summed E-state index contributed by atoms with van der Waals surface area (Å²) < 4.78 is 5.76. The Labute approximate surface area is 124 Å². The van der Waals surface area contributed by atoms with Gasteiger partial charge in [0.15, 0.2) is 0 Å². The molecule has 3 heteroatoms. The van der Waals surface area contributed by atoms with E-state index in [1.165, 1.54) is 23.1 Å². The van der Waals surface area contributed by atoms with Gasteiger partial charge in [0.25, 0.3) is 0 Å². The van der Waals surface area contributed by atoms with Gasteiger partial charge in [-0.05, 0) is 43.1 Å². The van der Waals surface area contributed by atoms with E-state index in [9.17, 15) is 5.11 Å². The van der Waals surface area contributed by atoms with Crippen molar-refractivity contribution in [2.24, 2.45) is 0 Å². The van der Waals surface area contributed by atoms with E-state index in [0.29, 0.717) is 12.6 Å². The van der Waals surface area contributed by atoms with E-state index >= 15 is 0 Å². The van der Waals surface area contributed by atoms with Gasteiger partial charge in [0.2, 0.25) is 0 Å². The second-order valence-corrected chi connectivity index (χ2v) is 5.97. The molecule has 0 aromatic heterocycles. The Hall–Kier alpha value is -2.00. The summed E-state index contributed by atoms with van der Waals surface area (Å²) in [5, 5.41) is 9.57. The standard InChI is InChI=1S/C18H19NO2/c1-19(16-9-6-12-4-2-3-5-14(12)16)17-11-21-18-10-13(20)7-8-15(17)18/h2-5,7-8,10,16-17,20H,6,9,11H2,1H3. The molecule has 2 aliphatic rings. The zero-order valence-corrected chi connectivity index (χ0v) is 12.1. The molecule has 1 N–H and O–H groups in total. The number of phenolic OH excluding ortho intramolecular Hbond substituents is 1. The monoisotopic (exact) mass is 281 g/mol. The highest BCUT2D eigenvalue weighted by atomic mass is 16.5. The molecule has 0 saturated carbocycles. The fraction of sp³-hybridized carbons (Fsp3) is 0.333. The molecule has 0 fully saturated rings. The summed E-state index contributed by atoms with van der Waals surface area (Å²) >= 11 is 0. The molecule has 1 heterocycles. The summed E-state index contributed by atoms with van der Waals surface area (Å²) in [5.74, 6) is 1.08. The van der Waals surface area contributed by atoms with Crippen molar-refractivity contribution in [2.75, 3.05) is 13.7 Å². The number of phenols is 1. The second kappa shape index (κ2) is 4.78. The van der Waals surface area contributed by atoms with Gasteiger partial charge in [0.05, 0.1) is 6.04 Å². The smallest absolute Gasteiger partial charge is 0.127 e. The van der Waals surface area contributed by atoms with Crippen LogP contribution in [0.5, 0.6) is 11.5 Å². The maximum absolute atomic E-state index is 9.57. The van der Waals surface area contributed by atoms with Crippen molar-refractivity contribution in [2.45, 2.75) is 24.9 Å². The molecule has 2 aromatic rings. The number of hydrogen-bond acceptors (Lipinski definition) is 3. The first kappa shape index (κ1) is 12.7. The Bertz CT molecular complexity index is 683. The molecule has 2 aromatic carbocycles. The van der Waals surface area contributed by atoms with Gasteiger partial charge in [-0.1, -0.05) is 24.3 Å². The fourth-order valence-electron chi connectivity index (χ4n) is 3.69. The van der Waals surface area contributed by atoms with Crippen LogP contribution in [-0.2, 0) is 6.42 Å². The topological polar surface area (TPSA) is 32.7 Å². The van der Waals surface area contributed by atoms with Gasteiger partial charge in [-0.3, -0.25) is 4.90 Å². The largest absolute Gasteiger partial charge is 0.508 e. The predicted octanol–water partition coefficient (Wildman–Crippen LogP) is 3.45. The van der Waals surface area contributed by atoms with Crippen LogP contribution >= 0.6 is 0 Å². The summed E-state index contributed by atoms with van der Waals surface area (Å²) in [6.07, 6.45) is 2.32. The molecule has 108 valence electrons. The molecule has 0 spiro atoms. The molecule has 1 aliphatic carbocycles. The van der Waals surface area contributed by atoms with Crippen LogP contribution in [0, 0.1) is 0 Å². The molecular weight excluding hydrogens is 262 g/mol. The quantitative estimate of drug-likeness (QED) is 0.915. The van der Waals surface area contributed by atoms with Crippen LogP contribution < -0.4 is 4.74 Å². The van der Waals surface area contributed by atoms with Gasteiger partial charge < -0.3 is 9.84 Å². The molecule has 3 nitrogen and oxygen atoms in total. The third-order valence-corrected chi connectivity index (χ3v) is 4.84. The van der Waals surface area contributed by atoms with E-state index in [1.54, 1.807) is 12.1 Å². The van der Waals surface area contributed by atoms with E-state index in [1.807, 2.05) is 6.07 Å². The lowest BCUT2D eigenvalue weighted by Crippen LogP contribution is -2.29. The van der Waals surface area contributed by atoms with Gasteiger partial charge in [0.1, 0.15) is 18.1 Å². The molecule has 2 unspecified atom stereocenters. The van der Waals surface area contributed by atoms with Gasteiger partial charge in [-0.25, -0.2) is 0 Å². The summed E-state index contributed by atoms with van der Waals surface area (Å²) in [4.78, 5) is 2.43. The van der Waals surface area contributed by atoms with Crippen molar-refractivity contribution in [3.63, 3.8) is 0 Å². The molecule has 4 rings (SSSR count). The summed E-state index contributed by atoms with van der Waals surface area (Å²) in [6.45, 7) is 0.661. The van der Waals surface area contributed by atoms with E-state index in [4.69, 9.17) is 4.74 Å². The maximum Gasteiger partial charge on any atom is 0.127 e.